The van der Waals surface area contributed by atoms with Crippen LogP contribution in [0.5, 0.6) is 0 Å². The Kier molecular flexibility index (Phi) is 3.29. The molecule has 0 fully saturated rings. The lowest BCUT2D eigenvalue weighted by Crippen LogP contribution is -2.14. The molecule has 12 heavy (non-hydrogen) atoms. The molecule has 3 heteroatoms. The van der Waals surface area contributed by atoms with Crippen molar-refractivity contribution in [3.05, 3.63) is 34.3 Å². The summed E-state index contributed by atoms with van der Waals surface area (Å²) in [5, 5.41) is 0. The van der Waals surface area contributed by atoms with Crippen LogP contribution in [-0.2, 0) is 11.3 Å². The Morgan fingerprint density at radius 3 is 2.92 bits per heavy atom. The molecule has 0 spiro atoms. The summed E-state index contributed by atoms with van der Waals surface area (Å²) in [7, 11) is 1.70. The van der Waals surface area contributed by atoms with Crippen LogP contribution in [-0.4, -0.2) is 18.4 Å². The van der Waals surface area contributed by atoms with E-state index in [1.807, 2.05) is 24.3 Å². The van der Waals surface area contributed by atoms with E-state index in [2.05, 4.69) is 15.9 Å². The minimum atomic E-state index is 0.600. The molecule has 0 N–H and O–H groups in total. The van der Waals surface area contributed by atoms with Gasteiger partial charge in [-0.25, -0.2) is 0 Å². The molecule has 1 rings (SSSR count). The van der Waals surface area contributed by atoms with Crippen molar-refractivity contribution in [2.45, 2.75) is 6.54 Å². The highest BCUT2D eigenvalue weighted by Crippen LogP contribution is 2.12. The Bertz CT molecular complexity index is 275. The second kappa shape index (κ2) is 4.26. The highest BCUT2D eigenvalue weighted by molar-refractivity contribution is 9.10. The number of halogens is 1. The molecular formula is C9H9BrNO. The SMILES string of the molecule is CN([C]=O)Cc1cccc(Br)c1. The molecule has 0 aromatic heterocycles. The molecule has 0 aliphatic carbocycles. The second-order valence-electron chi connectivity index (χ2n) is 2.58. The number of benzene rings is 1. The monoisotopic (exact) mass is 226 g/mol. The van der Waals surface area contributed by atoms with Crippen LogP contribution in [0.4, 0.5) is 0 Å². The lowest BCUT2D eigenvalue weighted by atomic mass is 10.2. The van der Waals surface area contributed by atoms with E-state index in [4.69, 9.17) is 0 Å². The highest BCUT2D eigenvalue weighted by atomic mass is 79.9. The van der Waals surface area contributed by atoms with Crippen molar-refractivity contribution < 1.29 is 4.79 Å². The molecule has 0 saturated carbocycles. The smallest absolute Gasteiger partial charge is 0.312 e. The van der Waals surface area contributed by atoms with Crippen molar-refractivity contribution in [1.82, 2.24) is 4.90 Å². The van der Waals surface area contributed by atoms with E-state index in [9.17, 15) is 4.79 Å². The molecule has 0 heterocycles. The predicted molar refractivity (Wildman–Crippen MR) is 51.3 cm³/mol. The van der Waals surface area contributed by atoms with Crippen LogP contribution >= 0.6 is 15.9 Å². The molecule has 63 valence electrons. The van der Waals surface area contributed by atoms with E-state index in [-0.39, 0.29) is 0 Å². The van der Waals surface area contributed by atoms with Crippen LogP contribution in [0, 0.1) is 0 Å². The summed E-state index contributed by atoms with van der Waals surface area (Å²) >= 11 is 3.36. The van der Waals surface area contributed by atoms with Crippen molar-refractivity contribution in [3.63, 3.8) is 0 Å². The summed E-state index contributed by atoms with van der Waals surface area (Å²) in [6.45, 7) is 0.600. The molecule has 1 radical (unpaired) electrons. The standard InChI is InChI=1S/C9H9BrNO/c1-11(7-12)6-8-3-2-4-9(10)5-8/h2-5H,6H2,1H3. The van der Waals surface area contributed by atoms with Gasteiger partial charge in [0, 0.05) is 18.1 Å². The van der Waals surface area contributed by atoms with Crippen molar-refractivity contribution in [1.29, 1.82) is 0 Å². The minimum absolute atomic E-state index is 0.600. The van der Waals surface area contributed by atoms with Crippen molar-refractivity contribution >= 4 is 22.3 Å². The Morgan fingerprint density at radius 2 is 2.33 bits per heavy atom. The van der Waals surface area contributed by atoms with Gasteiger partial charge >= 0.3 is 6.41 Å². The van der Waals surface area contributed by atoms with Gasteiger partial charge in [0.25, 0.3) is 0 Å². The molecular weight excluding hydrogens is 218 g/mol. The summed E-state index contributed by atoms with van der Waals surface area (Å²) < 4.78 is 1.03. The molecule has 0 unspecified atom stereocenters. The quantitative estimate of drug-likeness (QED) is 0.722. The Hall–Kier alpha value is -0.830. The summed E-state index contributed by atoms with van der Waals surface area (Å²) in [5.74, 6) is 0. The van der Waals surface area contributed by atoms with Gasteiger partial charge in [0.1, 0.15) is 0 Å². The molecule has 0 bridgehead atoms. The van der Waals surface area contributed by atoms with Crippen LogP contribution in [0.2, 0.25) is 0 Å². The molecule has 1 amide bonds. The maximum absolute atomic E-state index is 10.2. The zero-order valence-electron chi connectivity index (χ0n) is 6.75. The Balaban J connectivity index is 2.69. The molecule has 1 aromatic rings. The number of hydrogen-bond donors (Lipinski definition) is 0. The van der Waals surface area contributed by atoms with Gasteiger partial charge in [0.2, 0.25) is 0 Å². The average Bonchev–Trinajstić information content (AvgIpc) is 2.04. The van der Waals surface area contributed by atoms with Gasteiger partial charge in [0.15, 0.2) is 0 Å². The first kappa shape index (κ1) is 9.26. The third kappa shape index (κ3) is 2.66. The van der Waals surface area contributed by atoms with E-state index in [0.29, 0.717) is 6.54 Å². The zero-order chi connectivity index (χ0) is 8.97. The molecule has 1 aromatic carbocycles. The lowest BCUT2D eigenvalue weighted by Gasteiger charge is -2.08. The molecule has 0 aliphatic heterocycles. The Morgan fingerprint density at radius 1 is 1.58 bits per heavy atom. The third-order valence-electron chi connectivity index (χ3n) is 1.46. The fourth-order valence-corrected chi connectivity index (χ4v) is 1.39. The topological polar surface area (TPSA) is 20.3 Å². The van der Waals surface area contributed by atoms with Crippen LogP contribution in [0.15, 0.2) is 28.7 Å². The first-order chi connectivity index (χ1) is 5.72. The summed E-state index contributed by atoms with van der Waals surface area (Å²) in [6, 6.07) is 7.85. The maximum atomic E-state index is 10.2. The first-order valence-corrected chi connectivity index (χ1v) is 4.35. The van der Waals surface area contributed by atoms with Crippen molar-refractivity contribution in [2.75, 3.05) is 7.05 Å². The van der Waals surface area contributed by atoms with Gasteiger partial charge in [-0.15, -0.1) is 0 Å². The fourth-order valence-electron chi connectivity index (χ4n) is 0.941. The predicted octanol–water partition coefficient (Wildman–Crippen LogP) is 1.95. The number of nitrogens with zero attached hydrogens (tertiary/aromatic N) is 1. The molecule has 0 aliphatic rings. The van der Waals surface area contributed by atoms with E-state index in [1.54, 1.807) is 13.5 Å². The van der Waals surface area contributed by atoms with Crippen LogP contribution in [0.3, 0.4) is 0 Å². The summed E-state index contributed by atoms with van der Waals surface area (Å²) in [5.41, 5.74) is 1.09. The van der Waals surface area contributed by atoms with Crippen molar-refractivity contribution in [3.8, 4) is 0 Å². The van der Waals surface area contributed by atoms with Gasteiger partial charge in [-0.05, 0) is 17.7 Å². The largest absolute Gasteiger partial charge is 0.333 e. The number of hydrogen-bond acceptors (Lipinski definition) is 1. The molecule has 0 saturated heterocycles. The zero-order valence-corrected chi connectivity index (χ0v) is 8.34. The second-order valence-corrected chi connectivity index (χ2v) is 3.49. The lowest BCUT2D eigenvalue weighted by molar-refractivity contribution is 0.430. The van der Waals surface area contributed by atoms with Crippen molar-refractivity contribution in [2.24, 2.45) is 0 Å². The van der Waals surface area contributed by atoms with Gasteiger partial charge in [-0.2, -0.15) is 0 Å². The molecule has 2 nitrogen and oxygen atoms in total. The van der Waals surface area contributed by atoms with Crippen LogP contribution < -0.4 is 0 Å². The van der Waals surface area contributed by atoms with E-state index >= 15 is 0 Å². The molecule has 0 atom stereocenters. The average molecular weight is 227 g/mol. The number of amides is 1. The normalized spacial score (nSPS) is 9.50. The van der Waals surface area contributed by atoms with Crippen LogP contribution in [0.25, 0.3) is 0 Å². The van der Waals surface area contributed by atoms with Crippen LogP contribution in [0.1, 0.15) is 5.56 Å². The van der Waals surface area contributed by atoms with Gasteiger partial charge < -0.3 is 4.90 Å². The third-order valence-corrected chi connectivity index (χ3v) is 1.96. The van der Waals surface area contributed by atoms with Gasteiger partial charge in [-0.3, -0.25) is 4.79 Å². The first-order valence-electron chi connectivity index (χ1n) is 3.56. The summed E-state index contributed by atoms with van der Waals surface area (Å²) in [6.07, 6.45) is 1.80. The van der Waals surface area contributed by atoms with Gasteiger partial charge in [-0.1, -0.05) is 28.1 Å². The highest BCUT2D eigenvalue weighted by Gasteiger charge is 1.97. The van der Waals surface area contributed by atoms with E-state index < -0.39 is 0 Å². The Labute approximate surface area is 80.3 Å². The maximum Gasteiger partial charge on any atom is 0.312 e. The number of carbonyl (C=O) groups excluding carboxylic acids is 1. The minimum Gasteiger partial charge on any atom is -0.333 e. The van der Waals surface area contributed by atoms with Gasteiger partial charge in [0.05, 0.1) is 0 Å². The fraction of sp³-hybridized carbons (Fsp3) is 0.222. The number of rotatable bonds is 3. The van der Waals surface area contributed by atoms with E-state index in [1.165, 1.54) is 4.90 Å². The summed E-state index contributed by atoms with van der Waals surface area (Å²) in [4.78, 5) is 11.7. The van der Waals surface area contributed by atoms with E-state index in [0.717, 1.165) is 10.0 Å².